The second-order valence-corrected chi connectivity index (χ2v) is 20.1. The zero-order chi connectivity index (χ0) is 59.4. The number of rotatable bonds is 48. The summed E-state index contributed by atoms with van der Waals surface area (Å²) < 4.78 is 21.0. The van der Waals surface area contributed by atoms with E-state index in [1.165, 1.54) is 116 Å². The van der Waals surface area contributed by atoms with E-state index < -0.39 is 23.9 Å². The number of hydrogen-bond donors (Lipinski definition) is 10. The van der Waals surface area contributed by atoms with Gasteiger partial charge in [0.15, 0.2) is 5.52 Å². The van der Waals surface area contributed by atoms with Crippen molar-refractivity contribution in [3.8, 4) is 12.5 Å². The second-order valence-electron chi connectivity index (χ2n) is 19.2. The molecular weight excluding hydrogens is 1060 g/mol. The molecule has 4 amide bonds. The summed E-state index contributed by atoms with van der Waals surface area (Å²) in [6.07, 6.45) is 34.7. The number of nitrogens with one attached hydrogen (secondary N) is 6. The molecule has 11 N–H and O–H groups in total. The number of aliphatic carboxylic acids is 3. The molecule has 0 spiro atoms. The van der Waals surface area contributed by atoms with E-state index in [0.29, 0.717) is 71.6 Å². The van der Waals surface area contributed by atoms with Gasteiger partial charge in [-0.05, 0) is 57.8 Å². The average molecular weight is 1170 g/mol. The Morgan fingerprint density at radius 1 is 0.570 bits per heavy atom. The third-order valence-corrected chi connectivity index (χ3v) is 13.0. The Hall–Kier alpha value is -4.06. The van der Waals surface area contributed by atoms with Crippen LogP contribution in [0.1, 0.15) is 187 Å². The van der Waals surface area contributed by atoms with Crippen molar-refractivity contribution >= 4 is 65.7 Å². The van der Waals surface area contributed by atoms with Gasteiger partial charge < -0.3 is 66.6 Å². The smallest absolute Gasteiger partial charge is 0.323 e. The van der Waals surface area contributed by atoms with Crippen LogP contribution in [0.15, 0.2) is 0 Å². The third-order valence-electron chi connectivity index (χ3n) is 12.1. The lowest BCUT2D eigenvalue weighted by molar-refractivity contribution is -0.139. The molecule has 0 saturated heterocycles. The van der Waals surface area contributed by atoms with E-state index in [-0.39, 0.29) is 74.8 Å². The Labute approximate surface area is 477 Å². The standard InChI is InChI=1S/C27H51NO3.C21H41N4O9P.C4H5NO2.C3H8NOP/c29-26(28-24-25-20-16-15-17-21-25)22-18-13-11-9-7-5-3-1-2-4-6-8-10-12-14-19-23-27(30)31;1-2-18(26)23-7-9-31-11-14-34-16-20(28)24-8-10-32-12-13-33-15-19(27)22-6-4-3-5-17(25-35)21(29)30;1-2-5-3-4(6)7;1-2(4)3(5)6/h25H,1-24H2,(H,28,29)(H,30,31);17,25H,2-16,35H2,1H3,(H,22,27)(H,23,26)(H,24,28)(H,29,30);1,5H,3H2,(H,6,7);2H,4,6H2,1H3. The molecule has 1 aliphatic carbocycles. The highest BCUT2D eigenvalue weighted by Gasteiger charge is 2.15. The summed E-state index contributed by atoms with van der Waals surface area (Å²) in [5, 5.41) is 41.4. The number of amides is 4. The summed E-state index contributed by atoms with van der Waals surface area (Å²) in [7, 11) is 4.20. The van der Waals surface area contributed by atoms with Crippen molar-refractivity contribution in [3.05, 3.63) is 0 Å². The van der Waals surface area contributed by atoms with Crippen LogP contribution in [0.25, 0.3) is 0 Å². The Balaban J connectivity index is -0.00000119. The number of hydrogen-bond acceptors (Lipinski definition) is 15. The lowest BCUT2D eigenvalue weighted by Crippen LogP contribution is -2.32. The predicted octanol–water partition coefficient (Wildman–Crippen LogP) is 5.59. The maximum atomic E-state index is 11.9. The first-order valence-corrected chi connectivity index (χ1v) is 29.9. The molecule has 0 aromatic carbocycles. The van der Waals surface area contributed by atoms with E-state index in [0.717, 1.165) is 38.1 Å². The van der Waals surface area contributed by atoms with E-state index in [2.05, 4.69) is 47.5 Å². The van der Waals surface area contributed by atoms with Crippen molar-refractivity contribution < 1.29 is 72.6 Å². The van der Waals surface area contributed by atoms with Gasteiger partial charge in [0, 0.05) is 51.5 Å². The van der Waals surface area contributed by atoms with Gasteiger partial charge in [0.05, 0.1) is 45.7 Å². The number of carbonyl (C=O) groups is 8. The summed E-state index contributed by atoms with van der Waals surface area (Å²) in [5.74, 6) is -2.04. The fraction of sp³-hybridized carbons (Fsp3) is 0.818. The van der Waals surface area contributed by atoms with Gasteiger partial charge in [-0.1, -0.05) is 141 Å². The number of terminal acetylenes is 1. The van der Waals surface area contributed by atoms with Crippen LogP contribution in [0.3, 0.4) is 0 Å². The van der Waals surface area contributed by atoms with Crippen LogP contribution in [-0.4, -0.2) is 160 Å². The van der Waals surface area contributed by atoms with Gasteiger partial charge in [0.25, 0.3) is 0 Å². The Bertz CT molecular complexity index is 1590. The molecular formula is C55H105N7O15P2. The van der Waals surface area contributed by atoms with Crippen molar-refractivity contribution in [1.82, 2.24) is 31.7 Å². The summed E-state index contributed by atoms with van der Waals surface area (Å²) in [4.78, 5) is 87.1. The van der Waals surface area contributed by atoms with Crippen LogP contribution >= 0.6 is 18.6 Å². The summed E-state index contributed by atoms with van der Waals surface area (Å²) in [5.41, 5.74) is 5.02. The molecule has 1 aliphatic rings. The van der Waals surface area contributed by atoms with E-state index >= 15 is 0 Å². The van der Waals surface area contributed by atoms with Gasteiger partial charge in [0.2, 0.25) is 23.6 Å². The van der Waals surface area contributed by atoms with Crippen LogP contribution in [0.2, 0.25) is 0 Å². The highest BCUT2D eigenvalue weighted by molar-refractivity contribution is 7.40. The monoisotopic (exact) mass is 1170 g/mol. The quantitative estimate of drug-likeness (QED) is 0.0154. The molecule has 0 radical (unpaired) electrons. The molecule has 0 aromatic rings. The van der Waals surface area contributed by atoms with Gasteiger partial charge in [-0.15, -0.1) is 0 Å². The van der Waals surface area contributed by atoms with Crippen molar-refractivity contribution in [3.63, 3.8) is 0 Å². The molecule has 0 bridgehead atoms. The first-order valence-electron chi connectivity index (χ1n) is 28.7. The number of ether oxygens (including phenoxy) is 4. The Morgan fingerprint density at radius 3 is 1.39 bits per heavy atom. The molecule has 1 saturated carbocycles. The average Bonchev–Trinajstić information content (AvgIpc) is 3.42. The van der Waals surface area contributed by atoms with E-state index in [9.17, 15) is 38.4 Å². The normalized spacial score (nSPS) is 12.5. The highest BCUT2D eigenvalue weighted by Crippen LogP contribution is 2.23. The van der Waals surface area contributed by atoms with Gasteiger partial charge in [0.1, 0.15) is 25.8 Å². The first kappa shape index (κ1) is 79.2. The van der Waals surface area contributed by atoms with Gasteiger partial charge >= 0.3 is 17.9 Å². The zero-order valence-corrected chi connectivity index (χ0v) is 50.4. The lowest BCUT2D eigenvalue weighted by atomic mass is 9.89. The molecule has 1 fully saturated rings. The molecule has 22 nitrogen and oxygen atoms in total. The largest absolute Gasteiger partial charge is 0.481 e. The highest BCUT2D eigenvalue weighted by atomic mass is 31.0. The molecule has 4 unspecified atom stereocenters. The Kier molecular flexibility index (Phi) is 61.7. The molecule has 79 heavy (non-hydrogen) atoms. The molecule has 460 valence electrons. The van der Waals surface area contributed by atoms with E-state index in [4.69, 9.17) is 40.0 Å². The lowest BCUT2D eigenvalue weighted by Gasteiger charge is -2.21. The molecule has 0 aliphatic heterocycles. The van der Waals surface area contributed by atoms with E-state index in [1.807, 2.05) is 15.3 Å². The zero-order valence-electron chi connectivity index (χ0n) is 48.1. The molecule has 0 heterocycles. The minimum absolute atomic E-state index is 0.0249. The third kappa shape index (κ3) is 66.4. The molecule has 4 atom stereocenters. The van der Waals surface area contributed by atoms with Crippen LogP contribution in [0.5, 0.6) is 0 Å². The number of carboxylic acid groups (broad SMARTS) is 3. The second kappa shape index (κ2) is 61.6. The van der Waals surface area contributed by atoms with Crippen molar-refractivity contribution in [2.45, 2.75) is 199 Å². The van der Waals surface area contributed by atoms with Crippen LogP contribution in [-0.2, 0) is 57.3 Å². The molecule has 1 rings (SSSR count). The maximum absolute atomic E-state index is 11.9. The van der Waals surface area contributed by atoms with Gasteiger partial charge in [-0.3, -0.25) is 43.4 Å². The van der Waals surface area contributed by atoms with E-state index in [1.54, 1.807) is 13.8 Å². The molecule has 24 heteroatoms. The van der Waals surface area contributed by atoms with Crippen molar-refractivity contribution in [2.24, 2.45) is 11.7 Å². The van der Waals surface area contributed by atoms with Crippen LogP contribution < -0.4 is 37.4 Å². The van der Waals surface area contributed by atoms with Gasteiger partial charge in [-0.2, -0.15) is 0 Å². The minimum Gasteiger partial charge on any atom is -0.481 e. The number of nitrogens with two attached hydrogens (primary N) is 1. The summed E-state index contributed by atoms with van der Waals surface area (Å²) >= 11 is 0. The fourth-order valence-corrected chi connectivity index (χ4v) is 7.71. The maximum Gasteiger partial charge on any atom is 0.323 e. The topological polar surface area (TPSA) is 332 Å². The number of unbranched alkanes of at least 4 members (excludes halogenated alkanes) is 16. The van der Waals surface area contributed by atoms with Crippen LogP contribution in [0, 0.1) is 18.4 Å². The predicted molar refractivity (Wildman–Crippen MR) is 314 cm³/mol. The minimum atomic E-state index is -0.946. The Morgan fingerprint density at radius 2 is 1.00 bits per heavy atom. The SMILES string of the molecule is C#CNCC(=O)O.CC(N)C(=O)P.CCC(=O)NCCOCCOCC(=O)NCCOCCOCC(=O)NCCCCC(NP)C(=O)O.O=C(O)CCCCCCCCCCCCCCCCCCC(=O)NCC1CCCCC1. The van der Waals surface area contributed by atoms with Crippen molar-refractivity contribution in [2.75, 3.05) is 85.6 Å². The summed E-state index contributed by atoms with van der Waals surface area (Å²) in [6, 6.07) is 1.04. The fourth-order valence-electron chi connectivity index (χ4n) is 7.40. The number of carboxylic acids is 3. The van der Waals surface area contributed by atoms with Crippen LogP contribution in [0.4, 0.5) is 0 Å². The molecule has 0 aromatic heterocycles. The summed E-state index contributed by atoms with van der Waals surface area (Å²) in [6.45, 7) is 7.05. The van der Waals surface area contributed by atoms with Crippen molar-refractivity contribution in [1.29, 1.82) is 0 Å². The number of carbonyl (C=O) groups excluding carboxylic acids is 5. The van der Waals surface area contributed by atoms with Gasteiger partial charge in [-0.25, -0.2) is 0 Å². The first-order chi connectivity index (χ1) is 38.0.